The maximum atomic E-state index is 11.9. The van der Waals surface area contributed by atoms with E-state index in [1.54, 1.807) is 24.3 Å². The number of nitrogen functional groups attached to an aromatic ring is 1. The second kappa shape index (κ2) is 6.18. The molecule has 0 aromatic heterocycles. The number of likely N-dealkylation sites (tertiary alicyclic amines) is 1. The van der Waals surface area contributed by atoms with E-state index < -0.39 is 5.91 Å². The number of hydrogen-bond acceptors (Lipinski definition) is 4. The van der Waals surface area contributed by atoms with Gasteiger partial charge in [0, 0.05) is 24.2 Å². The summed E-state index contributed by atoms with van der Waals surface area (Å²) in [7, 11) is 0. The number of benzene rings is 1. The molecule has 106 valence electrons. The number of hydrogen-bond donors (Lipinski definition) is 2. The van der Waals surface area contributed by atoms with Gasteiger partial charge in [-0.15, -0.1) is 0 Å². The molecule has 1 fully saturated rings. The van der Waals surface area contributed by atoms with Crippen LogP contribution in [-0.4, -0.2) is 29.2 Å². The van der Waals surface area contributed by atoms with Gasteiger partial charge in [0.15, 0.2) is 0 Å². The molecule has 0 unspecified atom stereocenters. The van der Waals surface area contributed by atoms with Gasteiger partial charge in [0.25, 0.3) is 0 Å². The van der Waals surface area contributed by atoms with E-state index in [0.29, 0.717) is 37.1 Å². The predicted molar refractivity (Wildman–Crippen MR) is 74.7 cm³/mol. The summed E-state index contributed by atoms with van der Waals surface area (Å²) < 4.78 is 0. The largest absolute Gasteiger partial charge is 0.399 e. The van der Waals surface area contributed by atoms with Crippen molar-refractivity contribution in [1.29, 1.82) is 0 Å². The Morgan fingerprint density at radius 3 is 2.45 bits per heavy atom. The highest BCUT2D eigenvalue weighted by Crippen LogP contribution is 2.14. The van der Waals surface area contributed by atoms with E-state index in [0.717, 1.165) is 4.90 Å². The van der Waals surface area contributed by atoms with Crippen LogP contribution in [0.3, 0.4) is 0 Å². The summed E-state index contributed by atoms with van der Waals surface area (Å²) in [6, 6.07) is 6.73. The van der Waals surface area contributed by atoms with Gasteiger partial charge in [0.2, 0.25) is 17.7 Å². The number of carbonyl (C=O) groups excluding carboxylic acids is 3. The Morgan fingerprint density at radius 1 is 1.20 bits per heavy atom. The van der Waals surface area contributed by atoms with Crippen molar-refractivity contribution in [3.63, 3.8) is 0 Å². The Hall–Kier alpha value is -2.37. The van der Waals surface area contributed by atoms with Crippen molar-refractivity contribution in [3.8, 4) is 0 Å². The zero-order chi connectivity index (χ0) is 14.5. The zero-order valence-electron chi connectivity index (χ0n) is 11.1. The molecule has 20 heavy (non-hydrogen) atoms. The molecule has 6 heteroatoms. The van der Waals surface area contributed by atoms with Crippen molar-refractivity contribution in [1.82, 2.24) is 4.90 Å². The summed E-state index contributed by atoms with van der Waals surface area (Å²) in [5.41, 5.74) is 6.69. The third-order valence-electron chi connectivity index (χ3n) is 3.11. The van der Waals surface area contributed by atoms with E-state index in [1.807, 2.05) is 0 Å². The summed E-state index contributed by atoms with van der Waals surface area (Å²) in [4.78, 5) is 36.5. The van der Waals surface area contributed by atoms with Gasteiger partial charge < -0.3 is 11.1 Å². The fraction of sp³-hybridized carbons (Fsp3) is 0.357. The maximum absolute atomic E-state index is 11.9. The quantitative estimate of drug-likeness (QED) is 0.639. The van der Waals surface area contributed by atoms with Crippen molar-refractivity contribution in [2.75, 3.05) is 17.6 Å². The molecule has 0 bridgehead atoms. The fourth-order valence-electron chi connectivity index (χ4n) is 2.10. The monoisotopic (exact) mass is 275 g/mol. The maximum Gasteiger partial charge on any atom is 0.244 e. The summed E-state index contributed by atoms with van der Waals surface area (Å²) >= 11 is 0. The summed E-state index contributed by atoms with van der Waals surface area (Å²) in [5, 5.41) is 2.63. The van der Waals surface area contributed by atoms with Crippen molar-refractivity contribution in [3.05, 3.63) is 24.3 Å². The molecular weight excluding hydrogens is 258 g/mol. The second-order valence-electron chi connectivity index (χ2n) is 4.75. The third-order valence-corrected chi connectivity index (χ3v) is 3.11. The van der Waals surface area contributed by atoms with E-state index in [-0.39, 0.29) is 18.4 Å². The van der Waals surface area contributed by atoms with Crippen molar-refractivity contribution < 1.29 is 14.4 Å². The molecule has 0 spiro atoms. The van der Waals surface area contributed by atoms with Crippen LogP contribution in [0.1, 0.15) is 25.7 Å². The second-order valence-corrected chi connectivity index (χ2v) is 4.75. The Kier molecular flexibility index (Phi) is 4.34. The van der Waals surface area contributed by atoms with E-state index in [2.05, 4.69) is 5.32 Å². The van der Waals surface area contributed by atoms with E-state index in [1.165, 1.54) is 0 Å². The minimum absolute atomic E-state index is 0.244. The average Bonchev–Trinajstić information content (AvgIpc) is 2.54. The molecule has 1 saturated heterocycles. The Balaban J connectivity index is 1.99. The Bertz CT molecular complexity index is 524. The molecule has 1 heterocycles. The molecule has 0 atom stereocenters. The van der Waals surface area contributed by atoms with Gasteiger partial charge in [-0.25, -0.2) is 0 Å². The minimum Gasteiger partial charge on any atom is -0.399 e. The normalized spacial score (nSPS) is 15.9. The molecule has 1 aliphatic rings. The van der Waals surface area contributed by atoms with Gasteiger partial charge in [-0.3, -0.25) is 19.3 Å². The lowest BCUT2D eigenvalue weighted by Crippen LogP contribution is -2.41. The summed E-state index contributed by atoms with van der Waals surface area (Å²) in [5.74, 6) is -0.968. The number of amides is 3. The summed E-state index contributed by atoms with van der Waals surface area (Å²) in [6.45, 7) is -0.244. The Labute approximate surface area is 116 Å². The van der Waals surface area contributed by atoms with Crippen LogP contribution in [0.4, 0.5) is 11.4 Å². The predicted octanol–water partition coefficient (Wildman–Crippen LogP) is 1.14. The number of anilines is 2. The number of rotatable bonds is 3. The lowest BCUT2D eigenvalue weighted by Gasteiger charge is -2.18. The minimum atomic E-state index is -0.404. The Morgan fingerprint density at radius 2 is 1.85 bits per heavy atom. The molecule has 3 amide bonds. The third kappa shape index (κ3) is 3.57. The van der Waals surface area contributed by atoms with Crippen LogP contribution in [-0.2, 0) is 14.4 Å². The van der Waals surface area contributed by atoms with Crippen LogP contribution < -0.4 is 11.1 Å². The molecule has 1 aliphatic heterocycles. The van der Waals surface area contributed by atoms with Crippen molar-refractivity contribution >= 4 is 29.1 Å². The molecule has 0 aliphatic carbocycles. The fourth-order valence-corrected chi connectivity index (χ4v) is 2.10. The van der Waals surface area contributed by atoms with E-state index in [4.69, 9.17) is 5.73 Å². The molecule has 1 aromatic carbocycles. The van der Waals surface area contributed by atoms with Gasteiger partial charge in [0.05, 0.1) is 0 Å². The number of carbonyl (C=O) groups is 3. The average molecular weight is 275 g/mol. The van der Waals surface area contributed by atoms with Gasteiger partial charge >= 0.3 is 0 Å². The number of imide groups is 1. The molecule has 3 N–H and O–H groups in total. The molecular formula is C14H17N3O3. The first-order valence-corrected chi connectivity index (χ1v) is 6.55. The molecule has 0 saturated carbocycles. The first kappa shape index (κ1) is 14.0. The standard InChI is InChI=1S/C14H17N3O3/c15-10-4-3-5-11(8-10)16-12(18)9-17-13(19)6-1-2-7-14(17)20/h3-5,8H,1-2,6-7,9,15H2,(H,16,18). The van der Waals surface area contributed by atoms with Gasteiger partial charge in [-0.1, -0.05) is 6.07 Å². The molecule has 6 nitrogen and oxygen atoms in total. The van der Waals surface area contributed by atoms with Gasteiger partial charge in [-0.05, 0) is 31.0 Å². The van der Waals surface area contributed by atoms with E-state index in [9.17, 15) is 14.4 Å². The van der Waals surface area contributed by atoms with Crippen LogP contribution in [0.25, 0.3) is 0 Å². The van der Waals surface area contributed by atoms with Crippen LogP contribution in [0, 0.1) is 0 Å². The zero-order valence-corrected chi connectivity index (χ0v) is 11.1. The lowest BCUT2D eigenvalue weighted by atomic mass is 10.2. The van der Waals surface area contributed by atoms with Gasteiger partial charge in [0.1, 0.15) is 6.54 Å². The number of nitrogens with two attached hydrogens (primary N) is 1. The van der Waals surface area contributed by atoms with Crippen LogP contribution in [0.15, 0.2) is 24.3 Å². The van der Waals surface area contributed by atoms with Crippen LogP contribution >= 0.6 is 0 Å². The number of nitrogens with one attached hydrogen (secondary N) is 1. The highest BCUT2D eigenvalue weighted by atomic mass is 16.2. The summed E-state index contributed by atoms with van der Waals surface area (Å²) in [6.07, 6.45) is 2.02. The first-order valence-electron chi connectivity index (χ1n) is 6.55. The van der Waals surface area contributed by atoms with Crippen LogP contribution in [0.5, 0.6) is 0 Å². The highest BCUT2D eigenvalue weighted by molar-refractivity contribution is 6.02. The topological polar surface area (TPSA) is 92.5 Å². The van der Waals surface area contributed by atoms with Gasteiger partial charge in [-0.2, -0.15) is 0 Å². The van der Waals surface area contributed by atoms with E-state index >= 15 is 0 Å². The molecule has 2 rings (SSSR count). The smallest absolute Gasteiger partial charge is 0.244 e. The highest BCUT2D eigenvalue weighted by Gasteiger charge is 2.25. The molecule has 0 radical (unpaired) electrons. The van der Waals surface area contributed by atoms with Crippen molar-refractivity contribution in [2.45, 2.75) is 25.7 Å². The van der Waals surface area contributed by atoms with Crippen LogP contribution in [0.2, 0.25) is 0 Å². The lowest BCUT2D eigenvalue weighted by molar-refractivity contribution is -0.146. The first-order chi connectivity index (χ1) is 9.56. The van der Waals surface area contributed by atoms with Crippen molar-refractivity contribution in [2.24, 2.45) is 0 Å². The number of nitrogens with zero attached hydrogens (tertiary/aromatic N) is 1. The SMILES string of the molecule is Nc1cccc(NC(=O)CN2C(=O)CCCCC2=O)c1. The molecule has 1 aromatic rings.